The maximum atomic E-state index is 13.5. The number of anilines is 2. The standard InChI is InChI=1S/C17H16FN5/c1-10-7-13(18)14(19)9-12(10)17-22-6-4-15(23-17)11-3-5-21-16(8-11)20-2/h3-9H,19H2,1-2H3,(H,20,21). The second kappa shape index (κ2) is 6.00. The van der Waals surface area contributed by atoms with Crippen molar-refractivity contribution in [2.24, 2.45) is 0 Å². The van der Waals surface area contributed by atoms with Gasteiger partial charge < -0.3 is 11.1 Å². The first kappa shape index (κ1) is 14.9. The summed E-state index contributed by atoms with van der Waals surface area (Å²) in [5.41, 5.74) is 8.88. The van der Waals surface area contributed by atoms with Crippen molar-refractivity contribution in [3.63, 3.8) is 0 Å². The monoisotopic (exact) mass is 309 g/mol. The van der Waals surface area contributed by atoms with E-state index in [1.54, 1.807) is 25.4 Å². The number of aryl methyl sites for hydroxylation is 1. The lowest BCUT2D eigenvalue weighted by atomic mass is 10.1. The zero-order valence-corrected chi connectivity index (χ0v) is 12.8. The predicted molar refractivity (Wildman–Crippen MR) is 89.4 cm³/mol. The second-order valence-electron chi connectivity index (χ2n) is 5.13. The van der Waals surface area contributed by atoms with Crippen LogP contribution in [0.5, 0.6) is 0 Å². The van der Waals surface area contributed by atoms with Crippen LogP contribution >= 0.6 is 0 Å². The third-order valence-corrected chi connectivity index (χ3v) is 3.55. The van der Waals surface area contributed by atoms with Crippen molar-refractivity contribution in [1.82, 2.24) is 15.0 Å². The molecule has 0 bridgehead atoms. The third-order valence-electron chi connectivity index (χ3n) is 3.55. The molecule has 0 unspecified atom stereocenters. The lowest BCUT2D eigenvalue weighted by Gasteiger charge is -2.09. The molecule has 0 aliphatic rings. The molecule has 3 N–H and O–H groups in total. The molecule has 0 spiro atoms. The minimum absolute atomic E-state index is 0.0842. The summed E-state index contributed by atoms with van der Waals surface area (Å²) in [5.74, 6) is 0.828. The zero-order valence-electron chi connectivity index (χ0n) is 12.8. The van der Waals surface area contributed by atoms with Gasteiger partial charge in [0.25, 0.3) is 0 Å². The molecule has 6 heteroatoms. The van der Waals surface area contributed by atoms with Crippen LogP contribution in [0.3, 0.4) is 0 Å². The summed E-state index contributed by atoms with van der Waals surface area (Å²) in [6, 6.07) is 8.55. The van der Waals surface area contributed by atoms with Crippen molar-refractivity contribution in [1.29, 1.82) is 0 Å². The predicted octanol–water partition coefficient (Wildman–Crippen LogP) is 3.28. The second-order valence-corrected chi connectivity index (χ2v) is 5.13. The summed E-state index contributed by atoms with van der Waals surface area (Å²) in [4.78, 5) is 13.1. The van der Waals surface area contributed by atoms with Gasteiger partial charge in [0.15, 0.2) is 5.82 Å². The van der Waals surface area contributed by atoms with Crippen LogP contribution in [0.15, 0.2) is 42.7 Å². The number of halogens is 1. The first-order valence-corrected chi connectivity index (χ1v) is 7.11. The van der Waals surface area contributed by atoms with Crippen molar-refractivity contribution < 1.29 is 4.39 Å². The molecule has 0 saturated carbocycles. The first-order valence-electron chi connectivity index (χ1n) is 7.11. The number of nitrogens with two attached hydrogens (primary N) is 1. The highest BCUT2D eigenvalue weighted by Crippen LogP contribution is 2.27. The highest BCUT2D eigenvalue weighted by Gasteiger charge is 2.11. The Morgan fingerprint density at radius 3 is 2.65 bits per heavy atom. The van der Waals surface area contributed by atoms with Crippen LogP contribution in [0.1, 0.15) is 5.56 Å². The molecule has 0 aliphatic heterocycles. The van der Waals surface area contributed by atoms with E-state index in [9.17, 15) is 4.39 Å². The average molecular weight is 309 g/mol. The molecule has 0 atom stereocenters. The Morgan fingerprint density at radius 1 is 1.09 bits per heavy atom. The summed E-state index contributed by atoms with van der Waals surface area (Å²) < 4.78 is 13.5. The van der Waals surface area contributed by atoms with Crippen LogP contribution in [0, 0.1) is 12.7 Å². The summed E-state index contributed by atoms with van der Waals surface area (Å²) in [7, 11) is 1.81. The number of nitrogen functional groups attached to an aromatic ring is 1. The number of nitrogens with zero attached hydrogens (tertiary/aromatic N) is 3. The molecule has 1 aromatic carbocycles. The van der Waals surface area contributed by atoms with Crippen LogP contribution in [0.4, 0.5) is 15.9 Å². The van der Waals surface area contributed by atoms with Gasteiger partial charge in [-0.15, -0.1) is 0 Å². The maximum Gasteiger partial charge on any atom is 0.160 e. The molecule has 0 fully saturated rings. The number of benzene rings is 1. The van der Waals surface area contributed by atoms with Crippen LogP contribution in [0.25, 0.3) is 22.6 Å². The highest BCUT2D eigenvalue weighted by molar-refractivity contribution is 5.69. The molecule has 0 radical (unpaired) electrons. The molecular formula is C17H16FN5. The summed E-state index contributed by atoms with van der Waals surface area (Å²) in [6.45, 7) is 1.80. The van der Waals surface area contributed by atoms with Gasteiger partial charge in [0, 0.05) is 30.6 Å². The number of hydrogen-bond acceptors (Lipinski definition) is 5. The largest absolute Gasteiger partial charge is 0.396 e. The number of rotatable bonds is 3. The van der Waals surface area contributed by atoms with Gasteiger partial charge in [-0.3, -0.25) is 0 Å². The summed E-state index contributed by atoms with van der Waals surface area (Å²) >= 11 is 0. The van der Waals surface area contributed by atoms with Gasteiger partial charge in [0.05, 0.1) is 11.4 Å². The molecule has 3 aromatic rings. The normalized spacial score (nSPS) is 10.6. The fourth-order valence-corrected chi connectivity index (χ4v) is 2.31. The molecule has 23 heavy (non-hydrogen) atoms. The molecule has 2 aromatic heterocycles. The average Bonchev–Trinajstić information content (AvgIpc) is 2.58. The van der Waals surface area contributed by atoms with Crippen molar-refractivity contribution in [3.8, 4) is 22.6 Å². The zero-order chi connectivity index (χ0) is 16.4. The van der Waals surface area contributed by atoms with Gasteiger partial charge in [-0.05, 0) is 42.8 Å². The van der Waals surface area contributed by atoms with Crippen LogP contribution in [-0.4, -0.2) is 22.0 Å². The van der Waals surface area contributed by atoms with Gasteiger partial charge in [-0.2, -0.15) is 0 Å². The molecule has 2 heterocycles. The van der Waals surface area contributed by atoms with Crippen molar-refractivity contribution in [3.05, 3.63) is 54.1 Å². The molecule has 0 aliphatic carbocycles. The summed E-state index contributed by atoms with van der Waals surface area (Å²) in [5, 5.41) is 2.99. The van der Waals surface area contributed by atoms with E-state index in [0.717, 1.165) is 22.6 Å². The van der Waals surface area contributed by atoms with Gasteiger partial charge in [0.2, 0.25) is 0 Å². The van der Waals surface area contributed by atoms with Crippen LogP contribution < -0.4 is 11.1 Å². The number of hydrogen-bond donors (Lipinski definition) is 2. The third kappa shape index (κ3) is 2.96. The van der Waals surface area contributed by atoms with Crippen molar-refractivity contribution >= 4 is 11.5 Å². The molecule has 116 valence electrons. The Bertz CT molecular complexity index is 863. The van der Waals surface area contributed by atoms with Crippen molar-refractivity contribution in [2.45, 2.75) is 6.92 Å². The van der Waals surface area contributed by atoms with Gasteiger partial charge >= 0.3 is 0 Å². The molecule has 0 amide bonds. The molecular weight excluding hydrogens is 293 g/mol. The van der Waals surface area contributed by atoms with E-state index in [2.05, 4.69) is 20.3 Å². The first-order chi connectivity index (χ1) is 11.1. The maximum absolute atomic E-state index is 13.5. The minimum atomic E-state index is -0.435. The van der Waals surface area contributed by atoms with Crippen LogP contribution in [0.2, 0.25) is 0 Å². The Hall–Kier alpha value is -3.02. The number of aromatic nitrogens is 3. The molecule has 3 rings (SSSR count). The van der Waals surface area contributed by atoms with E-state index in [1.165, 1.54) is 6.07 Å². The smallest absolute Gasteiger partial charge is 0.160 e. The Balaban J connectivity index is 2.08. The van der Waals surface area contributed by atoms with E-state index < -0.39 is 5.82 Å². The van der Waals surface area contributed by atoms with E-state index in [-0.39, 0.29) is 5.69 Å². The van der Waals surface area contributed by atoms with E-state index in [1.807, 2.05) is 25.2 Å². The van der Waals surface area contributed by atoms with Gasteiger partial charge in [-0.25, -0.2) is 19.3 Å². The topological polar surface area (TPSA) is 76.7 Å². The van der Waals surface area contributed by atoms with Crippen LogP contribution in [-0.2, 0) is 0 Å². The summed E-state index contributed by atoms with van der Waals surface area (Å²) in [6.07, 6.45) is 3.39. The number of nitrogens with one attached hydrogen (secondary N) is 1. The van der Waals surface area contributed by atoms with E-state index >= 15 is 0 Å². The minimum Gasteiger partial charge on any atom is -0.396 e. The number of pyridine rings is 1. The Labute approximate surface area is 133 Å². The quantitative estimate of drug-likeness (QED) is 0.726. The molecule has 0 saturated heterocycles. The lowest BCUT2D eigenvalue weighted by Crippen LogP contribution is -1.98. The Kier molecular flexibility index (Phi) is 3.89. The van der Waals surface area contributed by atoms with Gasteiger partial charge in [0.1, 0.15) is 11.6 Å². The van der Waals surface area contributed by atoms with E-state index in [4.69, 9.17) is 5.73 Å². The highest BCUT2D eigenvalue weighted by atomic mass is 19.1. The molecule has 5 nitrogen and oxygen atoms in total. The van der Waals surface area contributed by atoms with Crippen molar-refractivity contribution in [2.75, 3.05) is 18.1 Å². The fraction of sp³-hybridized carbons (Fsp3) is 0.118. The Morgan fingerprint density at radius 2 is 1.87 bits per heavy atom. The van der Waals surface area contributed by atoms with E-state index in [0.29, 0.717) is 11.4 Å². The lowest BCUT2D eigenvalue weighted by molar-refractivity contribution is 0.631. The fourth-order valence-electron chi connectivity index (χ4n) is 2.31. The van der Waals surface area contributed by atoms with Gasteiger partial charge in [-0.1, -0.05) is 0 Å². The SMILES string of the molecule is CNc1cc(-c2ccnc(-c3cc(N)c(F)cc3C)n2)ccn1.